The van der Waals surface area contributed by atoms with Gasteiger partial charge in [-0.2, -0.15) is 0 Å². The molecule has 0 aliphatic heterocycles. The van der Waals surface area contributed by atoms with Crippen LogP contribution in [-0.2, 0) is 38.4 Å². The third kappa shape index (κ3) is 29.1. The maximum Gasteiger partial charge on any atom is 0.306 e. The van der Waals surface area contributed by atoms with E-state index < -0.39 is 35.7 Å². The van der Waals surface area contributed by atoms with E-state index in [1.807, 2.05) is 0 Å². The lowest BCUT2D eigenvalue weighted by molar-refractivity contribution is -0.143. The van der Waals surface area contributed by atoms with Gasteiger partial charge in [-0.15, -0.1) is 0 Å². The molecule has 0 aromatic rings. The van der Waals surface area contributed by atoms with Crippen LogP contribution >= 0.6 is 0 Å². The summed E-state index contributed by atoms with van der Waals surface area (Å²) in [5.41, 5.74) is 0. The van der Waals surface area contributed by atoms with Gasteiger partial charge >= 0.3 is 23.9 Å². The Morgan fingerprint density at radius 1 is 0.425 bits per heavy atom. The van der Waals surface area contributed by atoms with Crippen molar-refractivity contribution in [1.29, 1.82) is 0 Å². The SMILES string of the molecule is CCC(=O)C[C@@H](C)C(=O)O.CCC(=O)C[C@H](C)C(=O)O.CCC(=O)[C@@H](C)CC(=O)O.CCC(=O)[C@H](C)CC(=O)O. The Kier molecular flexibility index (Phi) is 28.1. The number of hydrogen-bond acceptors (Lipinski definition) is 8. The van der Waals surface area contributed by atoms with Crippen LogP contribution in [0, 0.1) is 23.7 Å². The quantitative estimate of drug-likeness (QED) is 0.202. The molecule has 0 rings (SSSR count). The van der Waals surface area contributed by atoms with Crippen LogP contribution in [0.4, 0.5) is 0 Å². The van der Waals surface area contributed by atoms with Crippen LogP contribution in [0.3, 0.4) is 0 Å². The largest absolute Gasteiger partial charge is 0.481 e. The summed E-state index contributed by atoms with van der Waals surface area (Å²) in [6.45, 7) is 13.3. The second-order valence-electron chi connectivity index (χ2n) is 9.31. The summed E-state index contributed by atoms with van der Waals surface area (Å²) in [6, 6.07) is 0. The van der Waals surface area contributed by atoms with Gasteiger partial charge in [0.2, 0.25) is 0 Å². The predicted molar refractivity (Wildman–Crippen MR) is 147 cm³/mol. The molecule has 40 heavy (non-hydrogen) atoms. The predicted octanol–water partition coefficient (Wildman–Crippen LogP) is 4.31. The van der Waals surface area contributed by atoms with Crippen molar-refractivity contribution in [3.8, 4) is 0 Å². The number of hydrogen-bond donors (Lipinski definition) is 4. The van der Waals surface area contributed by atoms with E-state index in [-0.39, 0.29) is 60.7 Å². The lowest BCUT2D eigenvalue weighted by atomic mass is 10.0. The number of carboxylic acids is 4. The first-order valence-corrected chi connectivity index (χ1v) is 13.3. The molecule has 4 N–H and O–H groups in total. The lowest BCUT2D eigenvalue weighted by Gasteiger charge is -2.03. The van der Waals surface area contributed by atoms with Crippen molar-refractivity contribution < 1.29 is 58.8 Å². The van der Waals surface area contributed by atoms with Crippen LogP contribution in [0.5, 0.6) is 0 Å². The van der Waals surface area contributed by atoms with E-state index in [4.69, 9.17) is 20.4 Å². The molecule has 0 aliphatic carbocycles. The highest BCUT2D eigenvalue weighted by Gasteiger charge is 2.15. The number of rotatable bonds is 16. The maximum absolute atomic E-state index is 10.8. The van der Waals surface area contributed by atoms with E-state index in [1.54, 1.807) is 41.5 Å². The van der Waals surface area contributed by atoms with Gasteiger partial charge < -0.3 is 20.4 Å². The summed E-state index contributed by atoms with van der Waals surface area (Å²) < 4.78 is 0. The van der Waals surface area contributed by atoms with Crippen LogP contribution in [0.1, 0.15) is 107 Å². The van der Waals surface area contributed by atoms with Gasteiger partial charge in [0, 0.05) is 50.4 Å². The molecule has 0 spiro atoms. The Bertz CT molecular complexity index is 763. The Hall–Kier alpha value is -3.44. The number of carbonyl (C=O) groups excluding carboxylic acids is 4. The molecule has 0 heterocycles. The number of aliphatic carboxylic acids is 4. The van der Waals surface area contributed by atoms with Gasteiger partial charge in [0.15, 0.2) is 0 Å². The summed E-state index contributed by atoms with van der Waals surface area (Å²) in [5.74, 6) is -5.30. The second-order valence-corrected chi connectivity index (χ2v) is 9.31. The first kappa shape index (κ1) is 43.6. The Morgan fingerprint density at radius 2 is 0.675 bits per heavy atom. The molecule has 0 saturated carbocycles. The van der Waals surface area contributed by atoms with Crippen molar-refractivity contribution in [2.24, 2.45) is 23.7 Å². The first-order chi connectivity index (χ1) is 18.3. The van der Waals surface area contributed by atoms with E-state index in [9.17, 15) is 38.4 Å². The summed E-state index contributed by atoms with van der Waals surface area (Å²) in [5, 5.41) is 33.3. The van der Waals surface area contributed by atoms with Crippen molar-refractivity contribution in [2.45, 2.75) is 107 Å². The third-order valence-corrected chi connectivity index (χ3v) is 5.46. The van der Waals surface area contributed by atoms with Gasteiger partial charge in [-0.3, -0.25) is 38.4 Å². The highest BCUT2D eigenvalue weighted by Crippen LogP contribution is 2.06. The van der Waals surface area contributed by atoms with Gasteiger partial charge in [-0.05, 0) is 0 Å². The number of carbonyl (C=O) groups is 8. The normalized spacial score (nSPS) is 12.6. The minimum Gasteiger partial charge on any atom is -0.481 e. The van der Waals surface area contributed by atoms with E-state index in [2.05, 4.69) is 0 Å². The van der Waals surface area contributed by atoms with Crippen molar-refractivity contribution in [2.75, 3.05) is 0 Å². The van der Waals surface area contributed by atoms with E-state index >= 15 is 0 Å². The molecule has 12 nitrogen and oxygen atoms in total. The molecule has 0 amide bonds. The molecular weight excluding hydrogens is 528 g/mol. The maximum atomic E-state index is 10.8. The number of Topliss-reactive ketones (excluding diaryl/α,β-unsaturated/α-hetero) is 4. The molecule has 0 radical (unpaired) electrons. The summed E-state index contributed by atoms with van der Waals surface area (Å²) in [6.07, 6.45) is 1.93. The van der Waals surface area contributed by atoms with E-state index in [0.29, 0.717) is 25.7 Å². The fraction of sp³-hybridized carbons (Fsp3) is 0.714. The number of carboxylic acid groups (broad SMARTS) is 4. The van der Waals surface area contributed by atoms with Crippen molar-refractivity contribution in [3.05, 3.63) is 0 Å². The van der Waals surface area contributed by atoms with Gasteiger partial charge in [0.1, 0.15) is 23.1 Å². The standard InChI is InChI=1S/4C7H12O3/c2*1-3-6(8)5(2)4-7(9)10;2*1-3-6(8)4-5(2)7(9)10/h4*5H,3-4H2,1-2H3,(H,9,10)/t4*5-/m1010/s1. The van der Waals surface area contributed by atoms with Crippen molar-refractivity contribution >= 4 is 47.0 Å². The van der Waals surface area contributed by atoms with Crippen LogP contribution in [0.25, 0.3) is 0 Å². The molecule has 0 aromatic heterocycles. The second kappa shape index (κ2) is 25.8. The average Bonchev–Trinajstić information content (AvgIpc) is 2.87. The highest BCUT2D eigenvalue weighted by molar-refractivity contribution is 5.85. The lowest BCUT2D eigenvalue weighted by Crippen LogP contribution is -2.13. The topological polar surface area (TPSA) is 217 Å². The van der Waals surface area contributed by atoms with Crippen molar-refractivity contribution in [1.82, 2.24) is 0 Å². The van der Waals surface area contributed by atoms with Gasteiger partial charge in [0.05, 0.1) is 24.7 Å². The molecule has 4 atom stereocenters. The van der Waals surface area contributed by atoms with Crippen LogP contribution in [0.15, 0.2) is 0 Å². The first-order valence-electron chi connectivity index (χ1n) is 13.3. The zero-order chi connectivity index (χ0) is 32.6. The molecule has 232 valence electrons. The summed E-state index contributed by atoms with van der Waals surface area (Å²) in [7, 11) is 0. The van der Waals surface area contributed by atoms with Crippen LogP contribution in [0.2, 0.25) is 0 Å². The smallest absolute Gasteiger partial charge is 0.306 e. The summed E-state index contributed by atoms with van der Waals surface area (Å²) in [4.78, 5) is 83.4. The molecule has 0 aromatic carbocycles. The third-order valence-electron chi connectivity index (χ3n) is 5.46. The van der Waals surface area contributed by atoms with Crippen LogP contribution in [-0.4, -0.2) is 67.4 Å². The van der Waals surface area contributed by atoms with Crippen molar-refractivity contribution in [3.63, 3.8) is 0 Å². The molecule has 12 heteroatoms. The van der Waals surface area contributed by atoms with Gasteiger partial charge in [0.25, 0.3) is 0 Å². The molecule has 0 unspecified atom stereocenters. The van der Waals surface area contributed by atoms with E-state index in [1.165, 1.54) is 13.8 Å². The fourth-order valence-electron chi connectivity index (χ4n) is 2.59. The Morgan fingerprint density at radius 3 is 0.825 bits per heavy atom. The van der Waals surface area contributed by atoms with Crippen LogP contribution < -0.4 is 0 Å². The molecule has 0 saturated heterocycles. The summed E-state index contributed by atoms with van der Waals surface area (Å²) >= 11 is 0. The fourth-order valence-corrected chi connectivity index (χ4v) is 2.59. The van der Waals surface area contributed by atoms with E-state index in [0.717, 1.165) is 0 Å². The van der Waals surface area contributed by atoms with Gasteiger partial charge in [-0.1, -0.05) is 55.4 Å². The Labute approximate surface area is 236 Å². The Balaban J connectivity index is -0.000000216. The zero-order valence-electron chi connectivity index (χ0n) is 25.0. The zero-order valence-corrected chi connectivity index (χ0v) is 25.0. The highest BCUT2D eigenvalue weighted by atomic mass is 16.4. The molecule has 0 aliphatic rings. The minimum absolute atomic E-state index is 0.00917. The minimum atomic E-state index is -0.908. The molecule has 0 bridgehead atoms. The monoisotopic (exact) mass is 576 g/mol. The number of ketones is 4. The molecule has 0 fully saturated rings. The molecular formula is C28H48O12. The van der Waals surface area contributed by atoms with Gasteiger partial charge in [-0.25, -0.2) is 0 Å². The average molecular weight is 577 g/mol.